The highest BCUT2D eigenvalue weighted by Crippen LogP contribution is 2.45. The van der Waals surface area contributed by atoms with E-state index in [1.807, 2.05) is 19.9 Å². The van der Waals surface area contributed by atoms with Crippen LogP contribution in [0, 0.1) is 12.8 Å². The van der Waals surface area contributed by atoms with Crippen molar-refractivity contribution in [1.29, 1.82) is 0 Å². The normalized spacial score (nSPS) is 22.9. The third kappa shape index (κ3) is 3.39. The quantitative estimate of drug-likeness (QED) is 0.562. The maximum atomic E-state index is 12.8. The first-order valence-electron chi connectivity index (χ1n) is 9.19. The summed E-state index contributed by atoms with van der Waals surface area (Å²) in [5.41, 5.74) is 3.12. The molecule has 0 saturated heterocycles. The van der Waals surface area contributed by atoms with Gasteiger partial charge in [0.15, 0.2) is 10.9 Å². The van der Waals surface area contributed by atoms with E-state index >= 15 is 0 Å². The van der Waals surface area contributed by atoms with E-state index in [1.54, 1.807) is 18.7 Å². The number of carbonyl (C=O) groups is 2. The molecule has 3 rings (SSSR count). The van der Waals surface area contributed by atoms with Gasteiger partial charge in [-0.15, -0.1) is 0 Å². The SMILES string of the molecule is CCOC(=O)C1C(C)=NC2=C(C(=O)CCC2)[C@@H]1c1cc(SCC)oc1C. The lowest BCUT2D eigenvalue weighted by Gasteiger charge is -2.34. The van der Waals surface area contributed by atoms with E-state index in [2.05, 4.69) is 11.9 Å². The summed E-state index contributed by atoms with van der Waals surface area (Å²) < 4.78 is 11.2. The van der Waals surface area contributed by atoms with Crippen LogP contribution in [0.25, 0.3) is 0 Å². The lowest BCUT2D eigenvalue weighted by atomic mass is 9.72. The molecular weight excluding hydrogens is 350 g/mol. The van der Waals surface area contributed by atoms with Crippen molar-refractivity contribution in [2.45, 2.75) is 58.0 Å². The average molecular weight is 375 g/mol. The Morgan fingerprint density at radius 3 is 2.81 bits per heavy atom. The van der Waals surface area contributed by atoms with Gasteiger partial charge in [-0.05, 0) is 45.4 Å². The zero-order valence-corrected chi connectivity index (χ0v) is 16.6. The second-order valence-corrected chi connectivity index (χ2v) is 7.88. The molecule has 0 fully saturated rings. The number of thioether (sulfide) groups is 1. The lowest BCUT2D eigenvalue weighted by molar-refractivity contribution is -0.146. The first kappa shape index (κ1) is 19.0. The standard InChI is InChI=1S/C20H25NO4S/c1-5-24-20(23)17-11(3)21-14-8-7-9-15(22)19(14)18(17)13-10-16(26-6-2)25-12(13)4/h10,17-18H,5-9H2,1-4H3/t17?,18-/m1/s1. The van der Waals surface area contributed by atoms with Crippen LogP contribution in [0.5, 0.6) is 0 Å². The van der Waals surface area contributed by atoms with Gasteiger partial charge in [-0.1, -0.05) is 18.7 Å². The Kier molecular flexibility index (Phi) is 5.70. The number of allylic oxidation sites excluding steroid dienone is 2. The highest BCUT2D eigenvalue weighted by molar-refractivity contribution is 7.99. The van der Waals surface area contributed by atoms with Crippen LogP contribution in [0.4, 0.5) is 0 Å². The summed E-state index contributed by atoms with van der Waals surface area (Å²) in [5.74, 6) is 0.461. The van der Waals surface area contributed by atoms with Crippen molar-refractivity contribution in [3.63, 3.8) is 0 Å². The molecule has 1 unspecified atom stereocenters. The smallest absolute Gasteiger partial charge is 0.315 e. The fourth-order valence-corrected chi connectivity index (χ4v) is 4.55. The summed E-state index contributed by atoms with van der Waals surface area (Å²) in [5, 5.41) is 0.813. The van der Waals surface area contributed by atoms with E-state index in [9.17, 15) is 9.59 Å². The predicted octanol–water partition coefficient (Wildman–Crippen LogP) is 4.44. The Hall–Kier alpha value is -1.82. The van der Waals surface area contributed by atoms with E-state index in [0.29, 0.717) is 24.3 Å². The Bertz CT molecular complexity index is 790. The highest BCUT2D eigenvalue weighted by Gasteiger charge is 2.44. The zero-order chi connectivity index (χ0) is 18.8. The summed E-state index contributed by atoms with van der Waals surface area (Å²) in [7, 11) is 0. The van der Waals surface area contributed by atoms with Crippen LogP contribution in [0.1, 0.15) is 57.3 Å². The van der Waals surface area contributed by atoms with Crippen molar-refractivity contribution < 1.29 is 18.7 Å². The van der Waals surface area contributed by atoms with Gasteiger partial charge < -0.3 is 9.15 Å². The van der Waals surface area contributed by atoms with Gasteiger partial charge in [0.05, 0.1) is 6.61 Å². The first-order valence-corrected chi connectivity index (χ1v) is 10.2. The number of rotatable bonds is 5. The van der Waals surface area contributed by atoms with Crippen LogP contribution in [0.2, 0.25) is 0 Å². The Morgan fingerprint density at radius 2 is 2.12 bits per heavy atom. The molecule has 1 aromatic heterocycles. The number of hydrogen-bond acceptors (Lipinski definition) is 6. The molecule has 140 valence electrons. The van der Waals surface area contributed by atoms with Gasteiger partial charge in [0.1, 0.15) is 11.7 Å². The number of furan rings is 1. The molecule has 0 spiro atoms. The van der Waals surface area contributed by atoms with Crippen molar-refractivity contribution in [3.05, 3.63) is 28.7 Å². The van der Waals surface area contributed by atoms with Crippen molar-refractivity contribution in [3.8, 4) is 0 Å². The summed E-state index contributed by atoms with van der Waals surface area (Å²) in [6, 6.07) is 1.98. The predicted molar refractivity (Wildman–Crippen MR) is 102 cm³/mol. The van der Waals surface area contributed by atoms with Crippen molar-refractivity contribution >= 4 is 29.2 Å². The number of aryl methyl sites for hydroxylation is 1. The van der Waals surface area contributed by atoms with Crippen LogP contribution in [0.3, 0.4) is 0 Å². The fraction of sp³-hybridized carbons (Fsp3) is 0.550. The van der Waals surface area contributed by atoms with E-state index < -0.39 is 5.92 Å². The van der Waals surface area contributed by atoms with Crippen molar-refractivity contribution in [1.82, 2.24) is 0 Å². The molecule has 2 aliphatic rings. The van der Waals surface area contributed by atoms with Gasteiger partial charge in [-0.3, -0.25) is 14.6 Å². The van der Waals surface area contributed by atoms with Crippen LogP contribution in [-0.2, 0) is 14.3 Å². The molecule has 5 nitrogen and oxygen atoms in total. The van der Waals surface area contributed by atoms with Gasteiger partial charge >= 0.3 is 5.97 Å². The minimum Gasteiger partial charge on any atom is -0.465 e. The molecule has 0 radical (unpaired) electrons. The minimum atomic E-state index is -0.577. The zero-order valence-electron chi connectivity index (χ0n) is 15.8. The number of hydrogen-bond donors (Lipinski definition) is 0. The number of ether oxygens (including phenoxy) is 1. The topological polar surface area (TPSA) is 68.9 Å². The van der Waals surface area contributed by atoms with E-state index in [1.165, 1.54) is 0 Å². The number of ketones is 1. The van der Waals surface area contributed by atoms with E-state index in [4.69, 9.17) is 9.15 Å². The van der Waals surface area contributed by atoms with E-state index in [0.717, 1.165) is 40.7 Å². The average Bonchev–Trinajstić information content (AvgIpc) is 2.94. The molecule has 2 atom stereocenters. The summed E-state index contributed by atoms with van der Waals surface area (Å²) in [4.78, 5) is 30.1. The van der Waals surface area contributed by atoms with Crippen LogP contribution >= 0.6 is 11.8 Å². The Labute approximate surface area is 158 Å². The molecule has 0 saturated carbocycles. The third-order valence-electron chi connectivity index (χ3n) is 4.93. The van der Waals surface area contributed by atoms with Gasteiger partial charge in [0, 0.05) is 34.9 Å². The van der Waals surface area contributed by atoms with Crippen LogP contribution < -0.4 is 0 Å². The number of nitrogens with zero attached hydrogens (tertiary/aromatic N) is 1. The maximum Gasteiger partial charge on any atom is 0.315 e. The van der Waals surface area contributed by atoms with Crippen molar-refractivity contribution in [2.75, 3.05) is 12.4 Å². The minimum absolute atomic E-state index is 0.0899. The molecule has 0 aromatic carbocycles. The van der Waals surface area contributed by atoms with Gasteiger partial charge in [0.25, 0.3) is 0 Å². The van der Waals surface area contributed by atoms with Gasteiger partial charge in [0.2, 0.25) is 0 Å². The largest absolute Gasteiger partial charge is 0.465 e. The molecule has 1 aliphatic heterocycles. The molecule has 6 heteroatoms. The molecule has 0 bridgehead atoms. The highest BCUT2D eigenvalue weighted by atomic mass is 32.2. The number of esters is 1. The number of aliphatic imine (C=N–C) groups is 1. The first-order chi connectivity index (χ1) is 12.5. The molecular formula is C20H25NO4S. The summed E-state index contributed by atoms with van der Waals surface area (Å²) in [6.07, 6.45) is 2.09. The molecule has 0 N–H and O–H groups in total. The van der Waals surface area contributed by atoms with Gasteiger partial charge in [-0.25, -0.2) is 0 Å². The van der Waals surface area contributed by atoms with Crippen LogP contribution in [-0.4, -0.2) is 29.8 Å². The summed E-state index contributed by atoms with van der Waals surface area (Å²) in [6.45, 7) is 7.90. The second-order valence-electron chi connectivity index (χ2n) is 6.61. The van der Waals surface area contributed by atoms with Gasteiger partial charge in [-0.2, -0.15) is 0 Å². The molecule has 2 heterocycles. The lowest BCUT2D eigenvalue weighted by Crippen LogP contribution is -2.37. The molecule has 0 amide bonds. The van der Waals surface area contributed by atoms with Crippen molar-refractivity contribution in [2.24, 2.45) is 10.9 Å². The Morgan fingerprint density at radius 1 is 1.35 bits per heavy atom. The number of Topliss-reactive ketones (excluding diaryl/α,β-unsaturated/α-hetero) is 1. The summed E-state index contributed by atoms with van der Waals surface area (Å²) >= 11 is 1.61. The third-order valence-corrected chi connectivity index (χ3v) is 5.70. The van der Waals surface area contributed by atoms with Crippen LogP contribution in [0.15, 0.2) is 31.8 Å². The molecule has 26 heavy (non-hydrogen) atoms. The fourth-order valence-electron chi connectivity index (χ4n) is 3.87. The molecule has 1 aliphatic carbocycles. The van der Waals surface area contributed by atoms with E-state index in [-0.39, 0.29) is 17.7 Å². The Balaban J connectivity index is 2.14. The number of carbonyl (C=O) groups excluding carboxylic acids is 2. The monoisotopic (exact) mass is 375 g/mol. The maximum absolute atomic E-state index is 12.8. The second kappa shape index (κ2) is 7.82. The molecule has 1 aromatic rings.